The van der Waals surface area contributed by atoms with E-state index in [-0.39, 0.29) is 5.91 Å². The fraction of sp³-hybridized carbons (Fsp3) is 0.350. The number of nitrogens with one attached hydrogen (secondary N) is 1. The molecule has 0 aliphatic rings. The SMILES string of the molecule is CCC(Oc1ccc(N(C)S(C)(=O)=O)cc1)C(=O)Nc1cc(C)ccc1OC. The van der Waals surface area contributed by atoms with Gasteiger partial charge in [0.1, 0.15) is 11.5 Å². The van der Waals surface area contributed by atoms with E-state index in [1.165, 1.54) is 11.4 Å². The van der Waals surface area contributed by atoms with Crippen LogP contribution in [0.5, 0.6) is 11.5 Å². The predicted octanol–water partition coefficient (Wildman–Crippen LogP) is 3.20. The van der Waals surface area contributed by atoms with Gasteiger partial charge >= 0.3 is 0 Å². The molecule has 0 spiro atoms. The van der Waals surface area contributed by atoms with Crippen molar-refractivity contribution in [2.24, 2.45) is 0 Å². The number of carbonyl (C=O) groups excluding carboxylic acids is 1. The molecule has 0 heterocycles. The Labute approximate surface area is 166 Å². The Morgan fingerprint density at radius 3 is 2.36 bits per heavy atom. The molecule has 0 bridgehead atoms. The largest absolute Gasteiger partial charge is 0.495 e. The van der Waals surface area contributed by atoms with Gasteiger partial charge in [-0.05, 0) is 55.3 Å². The van der Waals surface area contributed by atoms with Crippen molar-refractivity contribution < 1.29 is 22.7 Å². The molecule has 0 radical (unpaired) electrons. The van der Waals surface area contributed by atoms with Gasteiger partial charge in [0.15, 0.2) is 6.10 Å². The van der Waals surface area contributed by atoms with E-state index >= 15 is 0 Å². The van der Waals surface area contributed by atoms with Gasteiger partial charge < -0.3 is 14.8 Å². The lowest BCUT2D eigenvalue weighted by atomic mass is 10.2. The molecule has 0 aromatic heterocycles. The molecule has 0 aliphatic carbocycles. The van der Waals surface area contributed by atoms with Crippen LogP contribution in [-0.2, 0) is 14.8 Å². The second-order valence-electron chi connectivity index (χ2n) is 6.43. The molecule has 1 amide bonds. The molecule has 0 aliphatic heterocycles. The van der Waals surface area contributed by atoms with Crippen LogP contribution in [0, 0.1) is 6.92 Å². The highest BCUT2D eigenvalue weighted by molar-refractivity contribution is 7.92. The third kappa shape index (κ3) is 5.39. The van der Waals surface area contributed by atoms with Gasteiger partial charge in [0.2, 0.25) is 10.0 Å². The first-order valence-electron chi connectivity index (χ1n) is 8.81. The fourth-order valence-corrected chi connectivity index (χ4v) is 3.05. The van der Waals surface area contributed by atoms with Gasteiger partial charge in [-0.15, -0.1) is 0 Å². The van der Waals surface area contributed by atoms with Gasteiger partial charge in [-0.2, -0.15) is 0 Å². The lowest BCUT2D eigenvalue weighted by molar-refractivity contribution is -0.122. The summed E-state index contributed by atoms with van der Waals surface area (Å²) in [6.07, 6.45) is 0.892. The van der Waals surface area contributed by atoms with E-state index in [0.29, 0.717) is 29.3 Å². The molecule has 28 heavy (non-hydrogen) atoms. The van der Waals surface area contributed by atoms with Crippen LogP contribution in [0.4, 0.5) is 11.4 Å². The van der Waals surface area contributed by atoms with E-state index in [4.69, 9.17) is 9.47 Å². The first-order chi connectivity index (χ1) is 13.2. The number of nitrogens with zero attached hydrogens (tertiary/aromatic N) is 1. The maximum Gasteiger partial charge on any atom is 0.265 e. The number of sulfonamides is 1. The lowest BCUT2D eigenvalue weighted by Gasteiger charge is -2.20. The van der Waals surface area contributed by atoms with E-state index in [1.54, 1.807) is 37.4 Å². The Morgan fingerprint density at radius 1 is 1.18 bits per heavy atom. The predicted molar refractivity (Wildman–Crippen MR) is 111 cm³/mol. The van der Waals surface area contributed by atoms with Crippen LogP contribution in [0.3, 0.4) is 0 Å². The number of benzene rings is 2. The van der Waals surface area contributed by atoms with E-state index in [0.717, 1.165) is 11.8 Å². The number of rotatable bonds is 8. The molecular weight excluding hydrogens is 380 g/mol. The third-order valence-electron chi connectivity index (χ3n) is 4.25. The number of methoxy groups -OCH3 is 1. The summed E-state index contributed by atoms with van der Waals surface area (Å²) in [7, 11) is -0.318. The minimum absolute atomic E-state index is 0.288. The molecule has 2 aromatic carbocycles. The Morgan fingerprint density at radius 2 is 1.82 bits per heavy atom. The molecular formula is C20H26N2O5S. The van der Waals surface area contributed by atoms with Crippen molar-refractivity contribution in [1.29, 1.82) is 0 Å². The van der Waals surface area contributed by atoms with Crippen LogP contribution in [0.1, 0.15) is 18.9 Å². The molecule has 0 saturated carbocycles. The van der Waals surface area contributed by atoms with Crippen molar-refractivity contribution in [1.82, 2.24) is 0 Å². The number of hydrogen-bond acceptors (Lipinski definition) is 5. The number of aryl methyl sites for hydroxylation is 1. The first kappa shape index (κ1) is 21.6. The lowest BCUT2D eigenvalue weighted by Crippen LogP contribution is -2.32. The van der Waals surface area contributed by atoms with Crippen molar-refractivity contribution in [2.45, 2.75) is 26.4 Å². The van der Waals surface area contributed by atoms with Crippen LogP contribution >= 0.6 is 0 Å². The maximum atomic E-state index is 12.7. The Hall–Kier alpha value is -2.74. The summed E-state index contributed by atoms with van der Waals surface area (Å²) in [6.45, 7) is 3.78. The first-order valence-corrected chi connectivity index (χ1v) is 10.7. The van der Waals surface area contributed by atoms with Crippen LogP contribution in [-0.4, -0.2) is 40.8 Å². The van der Waals surface area contributed by atoms with Crippen LogP contribution < -0.4 is 19.1 Å². The average Bonchev–Trinajstić information content (AvgIpc) is 2.65. The van der Waals surface area contributed by atoms with Gasteiger partial charge in [0, 0.05) is 7.05 Å². The minimum atomic E-state index is -3.34. The van der Waals surface area contributed by atoms with Gasteiger partial charge in [-0.3, -0.25) is 9.10 Å². The summed E-state index contributed by atoms with van der Waals surface area (Å²) in [4.78, 5) is 12.7. The molecule has 1 unspecified atom stereocenters. The monoisotopic (exact) mass is 406 g/mol. The highest BCUT2D eigenvalue weighted by Gasteiger charge is 2.20. The number of anilines is 2. The Balaban J connectivity index is 2.11. The molecule has 1 N–H and O–H groups in total. The second-order valence-corrected chi connectivity index (χ2v) is 8.45. The quantitative estimate of drug-likeness (QED) is 0.728. The van der Waals surface area contributed by atoms with Crippen molar-refractivity contribution in [3.8, 4) is 11.5 Å². The van der Waals surface area contributed by atoms with Gasteiger partial charge in [-0.1, -0.05) is 13.0 Å². The second kappa shape index (κ2) is 8.97. The van der Waals surface area contributed by atoms with Gasteiger partial charge in [-0.25, -0.2) is 8.42 Å². The summed E-state index contributed by atoms with van der Waals surface area (Å²) in [6, 6.07) is 12.1. The van der Waals surface area contributed by atoms with Crippen LogP contribution in [0.15, 0.2) is 42.5 Å². The Kier molecular flexibility index (Phi) is 6.90. The maximum absolute atomic E-state index is 12.7. The van der Waals surface area contributed by atoms with Crippen molar-refractivity contribution in [3.05, 3.63) is 48.0 Å². The molecule has 2 aromatic rings. The van der Waals surface area contributed by atoms with E-state index in [2.05, 4.69) is 5.32 Å². The number of carbonyl (C=O) groups is 1. The molecule has 8 heteroatoms. The van der Waals surface area contributed by atoms with Crippen molar-refractivity contribution in [3.63, 3.8) is 0 Å². The highest BCUT2D eigenvalue weighted by atomic mass is 32.2. The molecule has 152 valence electrons. The average molecular weight is 407 g/mol. The topological polar surface area (TPSA) is 84.9 Å². The summed E-state index contributed by atoms with van der Waals surface area (Å²) in [5.41, 5.74) is 2.09. The molecule has 0 saturated heterocycles. The van der Waals surface area contributed by atoms with E-state index in [1.807, 2.05) is 26.0 Å². The zero-order chi connectivity index (χ0) is 20.9. The smallest absolute Gasteiger partial charge is 0.265 e. The summed E-state index contributed by atoms with van der Waals surface area (Å²) in [5.74, 6) is 0.759. The van der Waals surface area contributed by atoms with Gasteiger partial charge in [0.25, 0.3) is 5.91 Å². The van der Waals surface area contributed by atoms with E-state index in [9.17, 15) is 13.2 Å². The number of ether oxygens (including phenoxy) is 2. The fourth-order valence-electron chi connectivity index (χ4n) is 2.55. The third-order valence-corrected chi connectivity index (χ3v) is 5.46. The van der Waals surface area contributed by atoms with Crippen molar-refractivity contribution in [2.75, 3.05) is 30.0 Å². The summed E-state index contributed by atoms with van der Waals surface area (Å²) >= 11 is 0. The Bertz CT molecular complexity index is 926. The summed E-state index contributed by atoms with van der Waals surface area (Å²) in [5, 5.41) is 2.85. The van der Waals surface area contributed by atoms with Gasteiger partial charge in [0.05, 0.1) is 24.7 Å². The molecule has 2 rings (SSSR count). The number of amides is 1. The highest BCUT2D eigenvalue weighted by Crippen LogP contribution is 2.26. The zero-order valence-corrected chi connectivity index (χ0v) is 17.5. The zero-order valence-electron chi connectivity index (χ0n) is 16.7. The summed E-state index contributed by atoms with van der Waals surface area (Å²) < 4.78 is 35.5. The molecule has 7 nitrogen and oxygen atoms in total. The molecule has 0 fully saturated rings. The number of hydrogen-bond donors (Lipinski definition) is 1. The minimum Gasteiger partial charge on any atom is -0.495 e. The normalized spacial score (nSPS) is 12.2. The van der Waals surface area contributed by atoms with E-state index < -0.39 is 16.1 Å². The van der Waals surface area contributed by atoms with Crippen molar-refractivity contribution >= 4 is 27.3 Å². The van der Waals surface area contributed by atoms with Crippen LogP contribution in [0.2, 0.25) is 0 Å². The van der Waals surface area contributed by atoms with Crippen LogP contribution in [0.25, 0.3) is 0 Å². The standard InChI is InChI=1S/C20H26N2O5S/c1-6-18(20(23)21-17-13-14(2)7-12-19(17)26-4)27-16-10-8-15(9-11-16)22(3)28(5,24)25/h7-13,18H,6H2,1-5H3,(H,21,23). The molecule has 1 atom stereocenters.